The van der Waals surface area contributed by atoms with E-state index in [2.05, 4.69) is 28.2 Å². The number of rotatable bonds is 2. The van der Waals surface area contributed by atoms with E-state index in [-0.39, 0.29) is 5.41 Å². The molecule has 0 saturated heterocycles. The topological polar surface area (TPSA) is 54.7 Å². The number of hydrogen-bond donors (Lipinski definition) is 2. The predicted octanol–water partition coefficient (Wildman–Crippen LogP) is 2.64. The third kappa shape index (κ3) is 1.65. The summed E-state index contributed by atoms with van der Waals surface area (Å²) < 4.78 is 0. The van der Waals surface area contributed by atoms with Crippen molar-refractivity contribution in [1.82, 2.24) is 9.97 Å². The molecule has 0 unspecified atom stereocenters. The van der Waals surface area contributed by atoms with E-state index in [1.165, 1.54) is 31.2 Å². The van der Waals surface area contributed by atoms with Gasteiger partial charge in [-0.25, -0.2) is 4.98 Å². The molecule has 1 aromatic heterocycles. The SMILES string of the molecule is Cc1nc2ccc(C3(CN)CCCC3)cc2[nH]1. The van der Waals surface area contributed by atoms with Gasteiger partial charge in [0.05, 0.1) is 11.0 Å². The van der Waals surface area contributed by atoms with E-state index >= 15 is 0 Å². The zero-order chi connectivity index (χ0) is 11.9. The van der Waals surface area contributed by atoms with E-state index in [0.717, 1.165) is 23.4 Å². The smallest absolute Gasteiger partial charge is 0.104 e. The van der Waals surface area contributed by atoms with Crippen LogP contribution in [-0.4, -0.2) is 16.5 Å². The maximum Gasteiger partial charge on any atom is 0.104 e. The van der Waals surface area contributed by atoms with Crippen LogP contribution < -0.4 is 5.73 Å². The van der Waals surface area contributed by atoms with Crippen molar-refractivity contribution >= 4 is 11.0 Å². The van der Waals surface area contributed by atoms with Crippen LogP contribution in [0.3, 0.4) is 0 Å². The van der Waals surface area contributed by atoms with Crippen LogP contribution in [0.5, 0.6) is 0 Å². The maximum absolute atomic E-state index is 6.02. The average Bonchev–Trinajstić information content (AvgIpc) is 2.93. The summed E-state index contributed by atoms with van der Waals surface area (Å²) in [5, 5.41) is 0. The molecule has 1 aromatic carbocycles. The van der Waals surface area contributed by atoms with Crippen molar-refractivity contribution in [3.8, 4) is 0 Å². The Morgan fingerprint density at radius 3 is 2.82 bits per heavy atom. The van der Waals surface area contributed by atoms with Crippen molar-refractivity contribution < 1.29 is 0 Å². The fourth-order valence-electron chi connectivity index (χ4n) is 3.13. The van der Waals surface area contributed by atoms with Crippen molar-refractivity contribution in [1.29, 1.82) is 0 Å². The molecule has 0 aliphatic heterocycles. The Kier molecular flexibility index (Phi) is 2.44. The first kappa shape index (κ1) is 10.8. The second-order valence-electron chi connectivity index (χ2n) is 5.25. The van der Waals surface area contributed by atoms with Crippen LogP contribution in [0.25, 0.3) is 11.0 Å². The van der Waals surface area contributed by atoms with Crippen LogP contribution in [0.1, 0.15) is 37.1 Å². The molecule has 17 heavy (non-hydrogen) atoms. The van der Waals surface area contributed by atoms with Gasteiger partial charge in [0.25, 0.3) is 0 Å². The normalized spacial score (nSPS) is 18.9. The van der Waals surface area contributed by atoms with E-state index in [1.807, 2.05) is 6.92 Å². The predicted molar refractivity (Wildman–Crippen MR) is 70.0 cm³/mol. The summed E-state index contributed by atoms with van der Waals surface area (Å²) in [6.07, 6.45) is 5.05. The number of H-pyrrole nitrogens is 1. The quantitative estimate of drug-likeness (QED) is 0.831. The van der Waals surface area contributed by atoms with Gasteiger partial charge in [0.1, 0.15) is 5.82 Å². The van der Waals surface area contributed by atoms with Crippen LogP contribution in [0.4, 0.5) is 0 Å². The first-order valence-corrected chi connectivity index (χ1v) is 6.40. The van der Waals surface area contributed by atoms with Gasteiger partial charge in [0, 0.05) is 12.0 Å². The summed E-state index contributed by atoms with van der Waals surface area (Å²) in [5.41, 5.74) is 9.81. The van der Waals surface area contributed by atoms with Crippen LogP contribution >= 0.6 is 0 Å². The van der Waals surface area contributed by atoms with Gasteiger partial charge in [-0.05, 0) is 37.5 Å². The van der Waals surface area contributed by atoms with Crippen LogP contribution in [0, 0.1) is 6.92 Å². The average molecular weight is 229 g/mol. The fraction of sp³-hybridized carbons (Fsp3) is 0.500. The molecule has 0 spiro atoms. The van der Waals surface area contributed by atoms with Gasteiger partial charge in [0.2, 0.25) is 0 Å². The summed E-state index contributed by atoms with van der Waals surface area (Å²) in [6, 6.07) is 6.57. The minimum atomic E-state index is 0.215. The highest BCUT2D eigenvalue weighted by molar-refractivity contribution is 5.76. The molecule has 1 fully saturated rings. The molecular formula is C14H19N3. The minimum absolute atomic E-state index is 0.215. The number of aromatic nitrogens is 2. The molecule has 2 aromatic rings. The number of nitrogens with zero attached hydrogens (tertiary/aromatic N) is 1. The number of hydrogen-bond acceptors (Lipinski definition) is 2. The number of aromatic amines is 1. The summed E-state index contributed by atoms with van der Waals surface area (Å²) in [6.45, 7) is 2.75. The van der Waals surface area contributed by atoms with E-state index in [0.29, 0.717) is 0 Å². The molecule has 3 nitrogen and oxygen atoms in total. The van der Waals surface area contributed by atoms with Crippen molar-refractivity contribution in [2.75, 3.05) is 6.54 Å². The van der Waals surface area contributed by atoms with Crippen LogP contribution in [0.2, 0.25) is 0 Å². The van der Waals surface area contributed by atoms with Gasteiger partial charge < -0.3 is 10.7 Å². The zero-order valence-electron chi connectivity index (χ0n) is 10.3. The van der Waals surface area contributed by atoms with E-state index in [4.69, 9.17) is 5.73 Å². The Morgan fingerprint density at radius 1 is 1.35 bits per heavy atom. The molecule has 0 atom stereocenters. The lowest BCUT2D eigenvalue weighted by Gasteiger charge is -2.27. The van der Waals surface area contributed by atoms with Gasteiger partial charge in [0.15, 0.2) is 0 Å². The lowest BCUT2D eigenvalue weighted by molar-refractivity contribution is 0.453. The number of nitrogens with one attached hydrogen (secondary N) is 1. The Balaban J connectivity index is 2.10. The third-order valence-electron chi connectivity index (χ3n) is 4.16. The molecule has 0 radical (unpaired) electrons. The van der Waals surface area contributed by atoms with Gasteiger partial charge in [-0.15, -0.1) is 0 Å². The third-order valence-corrected chi connectivity index (χ3v) is 4.16. The van der Waals surface area contributed by atoms with Gasteiger partial charge >= 0.3 is 0 Å². The van der Waals surface area contributed by atoms with E-state index in [1.54, 1.807) is 0 Å². The molecule has 90 valence electrons. The lowest BCUT2D eigenvalue weighted by atomic mass is 9.79. The second kappa shape index (κ2) is 3.84. The van der Waals surface area contributed by atoms with Crippen molar-refractivity contribution in [2.45, 2.75) is 38.0 Å². The van der Waals surface area contributed by atoms with Gasteiger partial charge in [-0.1, -0.05) is 18.9 Å². The molecule has 1 heterocycles. The minimum Gasteiger partial charge on any atom is -0.342 e. The van der Waals surface area contributed by atoms with E-state index in [9.17, 15) is 0 Å². The summed E-state index contributed by atoms with van der Waals surface area (Å²) in [5.74, 6) is 0.977. The van der Waals surface area contributed by atoms with Crippen LogP contribution in [-0.2, 0) is 5.41 Å². The Bertz CT molecular complexity index is 535. The largest absolute Gasteiger partial charge is 0.342 e. The number of aryl methyl sites for hydroxylation is 1. The maximum atomic E-state index is 6.02. The summed E-state index contributed by atoms with van der Waals surface area (Å²) in [4.78, 5) is 7.75. The van der Waals surface area contributed by atoms with E-state index < -0.39 is 0 Å². The highest BCUT2D eigenvalue weighted by atomic mass is 14.9. The van der Waals surface area contributed by atoms with Crippen LogP contribution in [0.15, 0.2) is 18.2 Å². The molecule has 0 bridgehead atoms. The molecule has 3 heteroatoms. The molecule has 3 rings (SSSR count). The molecule has 3 N–H and O–H groups in total. The fourth-order valence-corrected chi connectivity index (χ4v) is 3.13. The number of fused-ring (bicyclic) bond motifs is 1. The molecule has 1 aliphatic rings. The number of benzene rings is 1. The summed E-state index contributed by atoms with van der Waals surface area (Å²) in [7, 11) is 0. The number of imidazole rings is 1. The van der Waals surface area contributed by atoms with Gasteiger partial charge in [-0.2, -0.15) is 0 Å². The van der Waals surface area contributed by atoms with Crippen molar-refractivity contribution in [2.24, 2.45) is 5.73 Å². The standard InChI is InChI=1S/C14H19N3/c1-10-16-12-5-4-11(8-13(12)17-10)14(9-15)6-2-3-7-14/h4-5,8H,2-3,6-7,9,15H2,1H3,(H,16,17). The molecule has 1 aliphatic carbocycles. The lowest BCUT2D eigenvalue weighted by Crippen LogP contribution is -2.31. The Morgan fingerprint density at radius 2 is 2.12 bits per heavy atom. The molecule has 0 amide bonds. The first-order chi connectivity index (χ1) is 8.23. The second-order valence-corrected chi connectivity index (χ2v) is 5.25. The van der Waals surface area contributed by atoms with Gasteiger partial charge in [-0.3, -0.25) is 0 Å². The van der Waals surface area contributed by atoms with Crippen molar-refractivity contribution in [3.05, 3.63) is 29.6 Å². The molecular weight excluding hydrogens is 210 g/mol. The Labute approximate surface area is 101 Å². The van der Waals surface area contributed by atoms with Crippen molar-refractivity contribution in [3.63, 3.8) is 0 Å². The monoisotopic (exact) mass is 229 g/mol. The molecule has 1 saturated carbocycles. The highest BCUT2D eigenvalue weighted by Crippen LogP contribution is 2.40. The zero-order valence-corrected chi connectivity index (χ0v) is 10.3. The first-order valence-electron chi connectivity index (χ1n) is 6.40. The Hall–Kier alpha value is -1.35. The number of nitrogens with two attached hydrogens (primary N) is 1. The summed E-state index contributed by atoms with van der Waals surface area (Å²) >= 11 is 0. The highest BCUT2D eigenvalue weighted by Gasteiger charge is 2.34.